The molecule has 0 saturated heterocycles. The highest BCUT2D eigenvalue weighted by atomic mass is 35.5. The number of esters is 1. The monoisotopic (exact) mass is 382 g/mol. The van der Waals surface area contributed by atoms with Gasteiger partial charge in [0.05, 0.1) is 23.1 Å². The van der Waals surface area contributed by atoms with Gasteiger partial charge in [0.15, 0.2) is 0 Å². The first-order valence-corrected chi connectivity index (χ1v) is 8.91. The third kappa shape index (κ3) is 4.53. The molecule has 0 radical (unpaired) electrons. The minimum absolute atomic E-state index is 0.114. The van der Waals surface area contributed by atoms with Crippen molar-refractivity contribution in [2.75, 3.05) is 6.61 Å². The Labute approximate surface area is 157 Å². The molecule has 0 heterocycles. The second-order valence-electron chi connectivity index (χ2n) is 6.21. The number of carbonyl (C=O) groups excluding carboxylic acids is 1. The van der Waals surface area contributed by atoms with Crippen LogP contribution in [-0.4, -0.2) is 12.6 Å². The van der Waals surface area contributed by atoms with Crippen LogP contribution in [0.4, 0.5) is 4.39 Å². The van der Waals surface area contributed by atoms with Gasteiger partial charge in [0, 0.05) is 5.56 Å². The molecule has 0 fully saturated rings. The summed E-state index contributed by atoms with van der Waals surface area (Å²) in [5.74, 6) is -0.982. The number of aryl methyl sites for hydroxylation is 2. The molecule has 5 heteroatoms. The van der Waals surface area contributed by atoms with Gasteiger partial charge in [0.2, 0.25) is 0 Å². The predicted octanol–water partition coefficient (Wildman–Crippen LogP) is 6.47. The summed E-state index contributed by atoms with van der Waals surface area (Å²) < 4.78 is 19.6. The van der Waals surface area contributed by atoms with Crippen LogP contribution in [0.2, 0.25) is 10.0 Å². The number of hydrogen-bond acceptors (Lipinski definition) is 2. The molecule has 0 unspecified atom stereocenters. The van der Waals surface area contributed by atoms with Gasteiger partial charge >= 0.3 is 5.97 Å². The third-order valence-corrected chi connectivity index (χ3v) is 4.66. The highest BCUT2D eigenvalue weighted by Gasteiger charge is 2.20. The van der Waals surface area contributed by atoms with Crippen molar-refractivity contribution in [2.45, 2.75) is 40.0 Å². The van der Waals surface area contributed by atoms with E-state index in [1.165, 1.54) is 0 Å². The first-order valence-electron chi connectivity index (χ1n) is 8.16. The fraction of sp³-hybridized carbons (Fsp3) is 0.350. The first kappa shape index (κ1) is 19.7. The molecule has 2 rings (SSSR count). The Morgan fingerprint density at radius 3 is 2.32 bits per heavy atom. The van der Waals surface area contributed by atoms with Gasteiger partial charge < -0.3 is 4.74 Å². The second kappa shape index (κ2) is 8.20. The minimum Gasteiger partial charge on any atom is -0.466 e. The van der Waals surface area contributed by atoms with Crippen LogP contribution in [0.3, 0.4) is 0 Å². The molecule has 0 spiro atoms. The van der Waals surface area contributed by atoms with Crippen molar-refractivity contribution < 1.29 is 13.9 Å². The van der Waals surface area contributed by atoms with Gasteiger partial charge in [0.25, 0.3) is 0 Å². The summed E-state index contributed by atoms with van der Waals surface area (Å²) in [4.78, 5) is 11.7. The Hall–Kier alpha value is -1.58. The van der Waals surface area contributed by atoms with Gasteiger partial charge in [-0.25, -0.2) is 4.39 Å². The fourth-order valence-electron chi connectivity index (χ4n) is 2.86. The number of carbonyl (C=O) groups is 1. The average Bonchev–Trinajstić information content (AvgIpc) is 2.49. The Kier molecular flexibility index (Phi) is 6.47. The van der Waals surface area contributed by atoms with E-state index in [-0.39, 0.29) is 24.1 Å². The van der Waals surface area contributed by atoms with Crippen LogP contribution in [0, 0.1) is 19.7 Å². The average molecular weight is 383 g/mol. The van der Waals surface area contributed by atoms with Crippen LogP contribution in [0.1, 0.15) is 42.9 Å². The number of benzene rings is 2. The summed E-state index contributed by atoms with van der Waals surface area (Å²) in [6, 6.07) is 7.08. The molecular weight excluding hydrogens is 362 g/mol. The van der Waals surface area contributed by atoms with E-state index < -0.39 is 0 Å². The number of rotatable bonds is 5. The zero-order valence-corrected chi connectivity index (χ0v) is 16.3. The Morgan fingerprint density at radius 2 is 1.76 bits per heavy atom. The lowest BCUT2D eigenvalue weighted by atomic mass is 9.91. The summed E-state index contributed by atoms with van der Waals surface area (Å²) in [6.07, 6.45) is 0.114. The Bertz CT molecular complexity index is 780. The van der Waals surface area contributed by atoms with E-state index in [1.807, 2.05) is 19.1 Å². The summed E-state index contributed by atoms with van der Waals surface area (Å²) in [5.41, 5.74) is 3.29. The summed E-state index contributed by atoms with van der Waals surface area (Å²) in [7, 11) is 0. The first-order chi connectivity index (χ1) is 11.7. The molecule has 134 valence electrons. The van der Waals surface area contributed by atoms with E-state index in [1.54, 1.807) is 32.9 Å². The van der Waals surface area contributed by atoms with Crippen molar-refractivity contribution in [3.05, 3.63) is 56.8 Å². The van der Waals surface area contributed by atoms with E-state index in [9.17, 15) is 9.18 Å². The molecule has 2 nitrogen and oxygen atoms in total. The molecule has 0 aliphatic rings. The van der Waals surface area contributed by atoms with Crippen molar-refractivity contribution in [2.24, 2.45) is 0 Å². The van der Waals surface area contributed by atoms with E-state index in [4.69, 9.17) is 27.9 Å². The highest BCUT2D eigenvalue weighted by molar-refractivity contribution is 6.39. The predicted molar refractivity (Wildman–Crippen MR) is 101 cm³/mol. The number of halogens is 3. The molecule has 1 atom stereocenters. The third-order valence-electron chi connectivity index (χ3n) is 4.07. The molecule has 0 saturated carbocycles. The Morgan fingerprint density at radius 1 is 1.16 bits per heavy atom. The molecule has 0 N–H and O–H groups in total. The molecule has 25 heavy (non-hydrogen) atoms. The van der Waals surface area contributed by atoms with Crippen molar-refractivity contribution in [1.29, 1.82) is 0 Å². The zero-order valence-electron chi connectivity index (χ0n) is 14.8. The second-order valence-corrected chi connectivity index (χ2v) is 7.02. The smallest absolute Gasteiger partial charge is 0.306 e. The van der Waals surface area contributed by atoms with E-state index >= 15 is 0 Å². The number of ether oxygens (including phenoxy) is 1. The zero-order chi connectivity index (χ0) is 18.7. The summed E-state index contributed by atoms with van der Waals surface area (Å²) in [6.45, 7) is 7.45. The topological polar surface area (TPSA) is 26.3 Å². The fourth-order valence-corrected chi connectivity index (χ4v) is 3.67. The highest BCUT2D eigenvalue weighted by Crippen LogP contribution is 2.38. The molecule has 0 aliphatic carbocycles. The van der Waals surface area contributed by atoms with Crippen molar-refractivity contribution in [3.63, 3.8) is 0 Å². The molecule has 0 aliphatic heterocycles. The molecule has 2 aromatic carbocycles. The van der Waals surface area contributed by atoms with Crippen molar-refractivity contribution in [3.8, 4) is 11.1 Å². The molecule has 2 aromatic rings. The maximum Gasteiger partial charge on any atom is 0.306 e. The van der Waals surface area contributed by atoms with E-state index in [0.29, 0.717) is 33.3 Å². The van der Waals surface area contributed by atoms with Crippen LogP contribution in [-0.2, 0) is 9.53 Å². The maximum absolute atomic E-state index is 14.6. The number of hydrogen-bond donors (Lipinski definition) is 0. The van der Waals surface area contributed by atoms with Gasteiger partial charge in [-0.1, -0.05) is 30.1 Å². The molecular formula is C20H21Cl2FO2. The lowest BCUT2D eigenvalue weighted by molar-refractivity contribution is -0.143. The normalized spacial score (nSPS) is 12.1. The van der Waals surface area contributed by atoms with Crippen LogP contribution in [0.5, 0.6) is 0 Å². The van der Waals surface area contributed by atoms with Gasteiger partial charge in [0.1, 0.15) is 5.82 Å². The van der Waals surface area contributed by atoms with Crippen molar-refractivity contribution >= 4 is 29.2 Å². The molecule has 0 bridgehead atoms. The van der Waals surface area contributed by atoms with E-state index in [0.717, 1.165) is 11.1 Å². The molecule has 0 aromatic heterocycles. The minimum atomic E-state index is -0.344. The van der Waals surface area contributed by atoms with Crippen LogP contribution in [0.15, 0.2) is 24.3 Å². The SMILES string of the molecule is CCOC(=O)C[C@H](C)c1cc(-c2c(Cl)cc(C)cc2Cl)cc(C)c1F. The van der Waals surface area contributed by atoms with Crippen LogP contribution < -0.4 is 0 Å². The summed E-state index contributed by atoms with van der Waals surface area (Å²) in [5, 5.41) is 1.03. The van der Waals surface area contributed by atoms with Gasteiger partial charge in [-0.15, -0.1) is 0 Å². The quantitative estimate of drug-likeness (QED) is 0.553. The lowest BCUT2D eigenvalue weighted by Crippen LogP contribution is -2.10. The maximum atomic E-state index is 14.6. The van der Waals surface area contributed by atoms with E-state index in [2.05, 4.69) is 0 Å². The van der Waals surface area contributed by atoms with Gasteiger partial charge in [-0.3, -0.25) is 4.79 Å². The van der Waals surface area contributed by atoms with Crippen molar-refractivity contribution in [1.82, 2.24) is 0 Å². The van der Waals surface area contributed by atoms with Crippen LogP contribution >= 0.6 is 23.2 Å². The van der Waals surface area contributed by atoms with Gasteiger partial charge in [-0.05, 0) is 73.2 Å². The standard InChI is InChI=1S/C20H21Cl2FO2/c1-5-25-18(24)9-12(3)15-10-14(8-13(4)20(15)23)19-16(21)6-11(2)7-17(19)22/h6-8,10,12H,5,9H2,1-4H3/t12-/m0/s1. The molecule has 0 amide bonds. The van der Waals surface area contributed by atoms with Crippen LogP contribution in [0.25, 0.3) is 11.1 Å². The summed E-state index contributed by atoms with van der Waals surface area (Å²) >= 11 is 12.7. The largest absolute Gasteiger partial charge is 0.466 e. The van der Waals surface area contributed by atoms with Gasteiger partial charge in [-0.2, -0.15) is 0 Å². The Balaban J connectivity index is 2.50. The lowest BCUT2D eigenvalue weighted by Gasteiger charge is -2.17.